The molecule has 0 aromatic carbocycles. The van der Waals surface area contributed by atoms with Crippen molar-refractivity contribution in [2.24, 2.45) is 0 Å². The molecule has 1 N–H and O–H groups in total. The SMILES string of the molecule is O=c1ccncoccnccc[nH]1. The smallest absolute Gasteiger partial charge is 0.249 e. The molecule has 0 radical (unpaired) electrons. The third-order valence-corrected chi connectivity index (χ3v) is 1.15. The van der Waals surface area contributed by atoms with Crippen molar-refractivity contribution in [3.8, 4) is 0 Å². The van der Waals surface area contributed by atoms with Crippen LogP contribution in [-0.4, -0.2) is 15.0 Å². The summed E-state index contributed by atoms with van der Waals surface area (Å²) in [6, 6.07) is 2.87. The lowest BCUT2D eigenvalue weighted by Gasteiger charge is -1.68. The first-order valence-corrected chi connectivity index (χ1v) is 3.87. The second kappa shape index (κ2) is 6.36. The largest absolute Gasteiger partial charge is 0.452 e. The van der Waals surface area contributed by atoms with Crippen LogP contribution in [0, 0.1) is 0 Å². The molecule has 0 saturated heterocycles. The van der Waals surface area contributed by atoms with E-state index < -0.39 is 0 Å². The molecule has 72 valence electrons. The van der Waals surface area contributed by atoms with Gasteiger partial charge in [0.25, 0.3) is 0 Å². The Morgan fingerprint density at radius 1 is 1.21 bits per heavy atom. The molecular weight excluding hydrogens is 182 g/mol. The molecule has 0 saturated carbocycles. The number of nitrogens with zero attached hydrogens (tertiary/aromatic N) is 2. The third kappa shape index (κ3) is 4.66. The molecule has 0 bridgehead atoms. The van der Waals surface area contributed by atoms with Gasteiger partial charge in [-0.05, 0) is 6.07 Å². The van der Waals surface area contributed by atoms with Crippen LogP contribution >= 0.6 is 0 Å². The van der Waals surface area contributed by atoms with Crippen LogP contribution in [0.2, 0.25) is 0 Å². The fraction of sp³-hybridized carbons (Fsp3) is 0. The van der Waals surface area contributed by atoms with Crippen LogP contribution in [0.4, 0.5) is 0 Å². The topological polar surface area (TPSA) is 71.8 Å². The Bertz CT molecular complexity index is 385. The fourth-order valence-electron chi connectivity index (χ4n) is 0.607. The first kappa shape index (κ1) is 9.91. The van der Waals surface area contributed by atoms with Crippen molar-refractivity contribution in [2.75, 3.05) is 0 Å². The van der Waals surface area contributed by atoms with E-state index in [-0.39, 0.29) is 5.56 Å². The Balaban J connectivity index is 3.20. The highest BCUT2D eigenvalue weighted by molar-refractivity contribution is 4.78. The van der Waals surface area contributed by atoms with Crippen molar-refractivity contribution in [2.45, 2.75) is 0 Å². The fourth-order valence-corrected chi connectivity index (χ4v) is 0.607. The van der Waals surface area contributed by atoms with Crippen molar-refractivity contribution in [3.05, 3.63) is 59.9 Å². The zero-order valence-corrected chi connectivity index (χ0v) is 7.33. The molecule has 0 amide bonds. The molecule has 5 heteroatoms. The molecule has 1 aromatic rings. The zero-order valence-electron chi connectivity index (χ0n) is 7.33. The first-order chi connectivity index (χ1) is 6.89. The molecule has 1 aromatic heterocycles. The Kier molecular flexibility index (Phi) is 4.50. The summed E-state index contributed by atoms with van der Waals surface area (Å²) in [4.78, 5) is 20.9. The number of hydrogen-bond acceptors (Lipinski definition) is 4. The summed E-state index contributed by atoms with van der Waals surface area (Å²) >= 11 is 0. The lowest BCUT2D eigenvalue weighted by molar-refractivity contribution is 0.533. The Hall–Kier alpha value is -2.17. The van der Waals surface area contributed by atoms with E-state index in [0.29, 0.717) is 0 Å². The second-order valence-electron chi connectivity index (χ2n) is 2.16. The minimum atomic E-state index is -0.265. The molecule has 1 heterocycles. The molecule has 1 rings (SSSR count). The molecule has 5 nitrogen and oxygen atoms in total. The summed E-state index contributed by atoms with van der Waals surface area (Å²) in [5.41, 5.74) is -0.265. The van der Waals surface area contributed by atoms with Gasteiger partial charge >= 0.3 is 0 Å². The quantitative estimate of drug-likeness (QED) is 0.664. The van der Waals surface area contributed by atoms with Crippen LogP contribution in [0.25, 0.3) is 0 Å². The summed E-state index contributed by atoms with van der Waals surface area (Å²) in [6.07, 6.45) is 8.34. The van der Waals surface area contributed by atoms with Crippen molar-refractivity contribution < 1.29 is 4.42 Å². The number of rotatable bonds is 0. The van der Waals surface area contributed by atoms with Crippen LogP contribution in [0.3, 0.4) is 0 Å². The summed E-state index contributed by atoms with van der Waals surface area (Å²) in [5.74, 6) is 0. The van der Waals surface area contributed by atoms with E-state index in [1.165, 1.54) is 43.5 Å². The van der Waals surface area contributed by atoms with Gasteiger partial charge in [-0.25, -0.2) is 4.98 Å². The average molecular weight is 191 g/mol. The molecule has 0 atom stereocenters. The normalized spacial score (nSPS) is 8.29. The molecule has 0 spiro atoms. The van der Waals surface area contributed by atoms with Gasteiger partial charge in [-0.3, -0.25) is 9.78 Å². The summed E-state index contributed by atoms with van der Waals surface area (Å²) in [7, 11) is 0. The Morgan fingerprint density at radius 3 is 3.07 bits per heavy atom. The maximum Gasteiger partial charge on any atom is 0.249 e. The van der Waals surface area contributed by atoms with Crippen LogP contribution in [0.5, 0.6) is 0 Å². The molecule has 0 fully saturated rings. The van der Waals surface area contributed by atoms with E-state index in [1.54, 1.807) is 6.07 Å². The monoisotopic (exact) mass is 191 g/mol. The zero-order chi connectivity index (χ0) is 10.1. The van der Waals surface area contributed by atoms with Crippen molar-refractivity contribution in [1.82, 2.24) is 15.0 Å². The van der Waals surface area contributed by atoms with Crippen molar-refractivity contribution in [1.29, 1.82) is 0 Å². The van der Waals surface area contributed by atoms with Crippen molar-refractivity contribution >= 4 is 0 Å². The van der Waals surface area contributed by atoms with Crippen LogP contribution in [0.1, 0.15) is 0 Å². The number of aromatic nitrogens is 3. The van der Waals surface area contributed by atoms with E-state index in [4.69, 9.17) is 4.42 Å². The molecular formula is C9H9N3O2. The highest BCUT2D eigenvalue weighted by Gasteiger charge is 1.67. The van der Waals surface area contributed by atoms with Gasteiger partial charge in [-0.15, -0.1) is 0 Å². The van der Waals surface area contributed by atoms with Gasteiger partial charge in [0.15, 0.2) is 6.39 Å². The van der Waals surface area contributed by atoms with Gasteiger partial charge in [0.05, 0.1) is 6.20 Å². The van der Waals surface area contributed by atoms with E-state index >= 15 is 0 Å². The average Bonchev–Trinajstić information content (AvgIpc) is 2.20. The van der Waals surface area contributed by atoms with Gasteiger partial charge in [0.2, 0.25) is 5.56 Å². The standard InChI is InChI=1S/C9H9N3O2/c13-9-2-5-11-8-14-7-6-10-3-1-4-12-9/h1-8H,(H,12,13). The summed E-state index contributed by atoms with van der Waals surface area (Å²) < 4.78 is 4.79. The predicted molar refractivity (Wildman–Crippen MR) is 50.2 cm³/mol. The van der Waals surface area contributed by atoms with E-state index in [0.717, 1.165) is 0 Å². The number of H-pyrrole nitrogens is 1. The van der Waals surface area contributed by atoms with E-state index in [1.807, 2.05) is 0 Å². The first-order valence-electron chi connectivity index (χ1n) is 3.87. The van der Waals surface area contributed by atoms with Gasteiger partial charge in [0, 0.05) is 24.7 Å². The minimum Gasteiger partial charge on any atom is -0.452 e. The Labute approximate surface area is 80.1 Å². The van der Waals surface area contributed by atoms with Crippen LogP contribution in [0.15, 0.2) is 58.8 Å². The third-order valence-electron chi connectivity index (χ3n) is 1.15. The van der Waals surface area contributed by atoms with Crippen LogP contribution in [-0.2, 0) is 0 Å². The molecule has 0 aliphatic carbocycles. The van der Waals surface area contributed by atoms with Gasteiger partial charge < -0.3 is 9.40 Å². The summed E-state index contributed by atoms with van der Waals surface area (Å²) in [5, 5.41) is 0. The predicted octanol–water partition coefficient (Wildman–Crippen LogP) is 1.01. The lowest BCUT2D eigenvalue weighted by atomic mass is 10.7. The number of nitrogens with one attached hydrogen (secondary N) is 1. The van der Waals surface area contributed by atoms with Crippen molar-refractivity contribution in [3.63, 3.8) is 0 Å². The molecule has 0 aliphatic rings. The van der Waals surface area contributed by atoms with E-state index in [2.05, 4.69) is 15.0 Å². The maximum absolute atomic E-state index is 11.0. The highest BCUT2D eigenvalue weighted by Crippen LogP contribution is 1.69. The van der Waals surface area contributed by atoms with Gasteiger partial charge in [-0.2, -0.15) is 0 Å². The molecule has 14 heavy (non-hydrogen) atoms. The maximum atomic E-state index is 11.0. The highest BCUT2D eigenvalue weighted by atomic mass is 16.3. The lowest BCUT2D eigenvalue weighted by Crippen LogP contribution is -1.97. The van der Waals surface area contributed by atoms with E-state index in [9.17, 15) is 4.79 Å². The number of hydrogen-bond donors (Lipinski definition) is 1. The molecule has 0 unspecified atom stereocenters. The number of aromatic amines is 1. The van der Waals surface area contributed by atoms with Gasteiger partial charge in [0.1, 0.15) is 6.26 Å². The second-order valence-corrected chi connectivity index (χ2v) is 2.16. The van der Waals surface area contributed by atoms with Crippen LogP contribution < -0.4 is 5.56 Å². The Morgan fingerprint density at radius 2 is 2.14 bits per heavy atom. The molecule has 0 aliphatic heterocycles. The van der Waals surface area contributed by atoms with Gasteiger partial charge in [-0.1, -0.05) is 0 Å². The summed E-state index contributed by atoms with van der Waals surface area (Å²) in [6.45, 7) is 0. The minimum absolute atomic E-state index is 0.265.